The van der Waals surface area contributed by atoms with Gasteiger partial charge in [-0.05, 0) is 12.8 Å². The van der Waals surface area contributed by atoms with E-state index in [-0.39, 0.29) is 0 Å². The van der Waals surface area contributed by atoms with Gasteiger partial charge in [0.2, 0.25) is 0 Å². The lowest BCUT2D eigenvalue weighted by atomic mass is 10.1. The number of halogens is 1. The van der Waals surface area contributed by atoms with E-state index in [1.807, 2.05) is 18.2 Å². The van der Waals surface area contributed by atoms with Gasteiger partial charge in [0.15, 0.2) is 0 Å². The fourth-order valence-corrected chi connectivity index (χ4v) is 1.12. The molecule has 0 atom stereocenters. The van der Waals surface area contributed by atoms with Crippen molar-refractivity contribution in [1.29, 1.82) is 0 Å². The summed E-state index contributed by atoms with van der Waals surface area (Å²) in [6.45, 7) is 2.23. The molecule has 0 unspecified atom stereocenters. The van der Waals surface area contributed by atoms with Gasteiger partial charge in [0.1, 0.15) is 0 Å². The first-order chi connectivity index (χ1) is 6.41. The fourth-order valence-electron chi connectivity index (χ4n) is 1.03. The molecule has 0 radical (unpaired) electrons. The zero-order chi connectivity index (χ0) is 9.78. The molecule has 0 aliphatic rings. The van der Waals surface area contributed by atoms with E-state index in [1.165, 1.54) is 37.6 Å². The van der Waals surface area contributed by atoms with Gasteiger partial charge in [-0.2, -0.15) is 0 Å². The molecule has 0 amide bonds. The van der Waals surface area contributed by atoms with Crippen LogP contribution in [0.1, 0.15) is 39.0 Å². The molecular weight excluding hydrogens is 180 g/mol. The number of rotatable bonds is 7. The third-order valence-electron chi connectivity index (χ3n) is 1.77. The van der Waals surface area contributed by atoms with Crippen LogP contribution >= 0.6 is 11.6 Å². The molecule has 0 spiro atoms. The van der Waals surface area contributed by atoms with E-state index in [9.17, 15) is 0 Å². The summed E-state index contributed by atoms with van der Waals surface area (Å²) in [4.78, 5) is 0. The molecule has 0 heterocycles. The summed E-state index contributed by atoms with van der Waals surface area (Å²) in [6.07, 6.45) is 16.5. The standard InChI is InChI=1S/C12H19Cl/c1-2-3-4-5-6-7-8-9-10-11-12-13/h7-12H,2-6H2,1H3/b8-7+,10-9+,12-11+. The minimum absolute atomic E-state index is 1.19. The highest BCUT2D eigenvalue weighted by molar-refractivity contribution is 6.25. The van der Waals surface area contributed by atoms with Crippen LogP contribution in [0.4, 0.5) is 0 Å². The highest BCUT2D eigenvalue weighted by Gasteiger charge is 1.82. The predicted octanol–water partition coefficient (Wildman–Crippen LogP) is 4.82. The van der Waals surface area contributed by atoms with Crippen molar-refractivity contribution in [3.63, 3.8) is 0 Å². The summed E-state index contributed by atoms with van der Waals surface area (Å²) in [6, 6.07) is 0. The Kier molecular flexibility index (Phi) is 11.1. The molecule has 13 heavy (non-hydrogen) atoms. The van der Waals surface area contributed by atoms with Gasteiger partial charge in [0, 0.05) is 5.54 Å². The van der Waals surface area contributed by atoms with Crippen molar-refractivity contribution in [2.75, 3.05) is 0 Å². The molecule has 0 aromatic carbocycles. The van der Waals surface area contributed by atoms with Crippen LogP contribution in [0.3, 0.4) is 0 Å². The van der Waals surface area contributed by atoms with Crippen LogP contribution in [0.5, 0.6) is 0 Å². The topological polar surface area (TPSA) is 0 Å². The molecule has 0 bridgehead atoms. The van der Waals surface area contributed by atoms with E-state index < -0.39 is 0 Å². The van der Waals surface area contributed by atoms with Gasteiger partial charge >= 0.3 is 0 Å². The number of hydrogen-bond acceptors (Lipinski definition) is 0. The minimum Gasteiger partial charge on any atom is -0.0930 e. The maximum Gasteiger partial charge on any atom is 0.00424 e. The van der Waals surface area contributed by atoms with Crippen molar-refractivity contribution in [2.45, 2.75) is 39.0 Å². The zero-order valence-electron chi connectivity index (χ0n) is 8.38. The van der Waals surface area contributed by atoms with Gasteiger partial charge < -0.3 is 0 Å². The SMILES string of the molecule is CCCCCC/C=C/C=C/C=C/Cl. The Hall–Kier alpha value is -0.490. The number of hydrogen-bond donors (Lipinski definition) is 0. The molecule has 1 heteroatoms. The Balaban J connectivity index is 3.21. The highest BCUT2D eigenvalue weighted by Crippen LogP contribution is 2.02. The van der Waals surface area contributed by atoms with Crippen molar-refractivity contribution >= 4 is 11.6 Å². The van der Waals surface area contributed by atoms with Crippen molar-refractivity contribution in [3.05, 3.63) is 35.9 Å². The van der Waals surface area contributed by atoms with E-state index in [0.717, 1.165) is 0 Å². The van der Waals surface area contributed by atoms with E-state index in [1.54, 1.807) is 0 Å². The molecule has 0 aliphatic heterocycles. The minimum atomic E-state index is 1.19. The molecule has 0 nitrogen and oxygen atoms in total. The van der Waals surface area contributed by atoms with Crippen LogP contribution < -0.4 is 0 Å². The van der Waals surface area contributed by atoms with E-state index in [2.05, 4.69) is 19.1 Å². The molecule has 0 N–H and O–H groups in total. The summed E-state index contributed by atoms with van der Waals surface area (Å²) in [5.41, 5.74) is 1.51. The van der Waals surface area contributed by atoms with Crippen molar-refractivity contribution in [3.8, 4) is 0 Å². The lowest BCUT2D eigenvalue weighted by molar-refractivity contribution is 0.674. The number of allylic oxidation sites excluding steroid dienone is 5. The van der Waals surface area contributed by atoms with E-state index in [4.69, 9.17) is 11.6 Å². The lowest BCUT2D eigenvalue weighted by Gasteiger charge is -1.92. The average molecular weight is 199 g/mol. The first-order valence-electron chi connectivity index (χ1n) is 5.00. The monoisotopic (exact) mass is 198 g/mol. The molecule has 74 valence electrons. The average Bonchev–Trinajstić information content (AvgIpc) is 2.16. The van der Waals surface area contributed by atoms with E-state index in [0.29, 0.717) is 0 Å². The predicted molar refractivity (Wildman–Crippen MR) is 62.0 cm³/mol. The molecule has 0 rings (SSSR count). The van der Waals surface area contributed by atoms with Crippen molar-refractivity contribution < 1.29 is 0 Å². The smallest absolute Gasteiger partial charge is 0.00424 e. The normalized spacial score (nSPS) is 12.5. The zero-order valence-corrected chi connectivity index (χ0v) is 9.13. The molecule has 0 saturated carbocycles. The summed E-state index contributed by atoms with van der Waals surface area (Å²) in [5, 5.41) is 0. The maximum atomic E-state index is 5.34. The van der Waals surface area contributed by atoms with Crippen LogP contribution in [-0.4, -0.2) is 0 Å². The van der Waals surface area contributed by atoms with Gasteiger partial charge in [-0.25, -0.2) is 0 Å². The maximum absolute atomic E-state index is 5.34. The molecule has 0 aromatic rings. The third kappa shape index (κ3) is 11.5. The van der Waals surface area contributed by atoms with E-state index >= 15 is 0 Å². The number of unbranched alkanes of at least 4 members (excludes halogenated alkanes) is 4. The van der Waals surface area contributed by atoms with Gasteiger partial charge in [-0.15, -0.1) is 0 Å². The van der Waals surface area contributed by atoms with Crippen LogP contribution in [0.2, 0.25) is 0 Å². The molecule has 0 fully saturated rings. The first kappa shape index (κ1) is 12.5. The molecular formula is C12H19Cl. The third-order valence-corrected chi connectivity index (χ3v) is 1.91. The summed E-state index contributed by atoms with van der Waals surface area (Å²) >= 11 is 5.34. The Morgan fingerprint density at radius 1 is 0.923 bits per heavy atom. The Morgan fingerprint density at radius 3 is 2.38 bits per heavy atom. The second-order valence-electron chi connectivity index (χ2n) is 2.98. The first-order valence-corrected chi connectivity index (χ1v) is 5.44. The van der Waals surface area contributed by atoms with Gasteiger partial charge in [0.05, 0.1) is 0 Å². The Labute approximate surface area is 87.0 Å². The summed E-state index contributed by atoms with van der Waals surface area (Å²) in [7, 11) is 0. The second kappa shape index (κ2) is 11.5. The second-order valence-corrected chi connectivity index (χ2v) is 3.23. The van der Waals surface area contributed by atoms with Crippen LogP contribution in [0, 0.1) is 0 Å². The quantitative estimate of drug-likeness (QED) is 0.406. The summed E-state index contributed by atoms with van der Waals surface area (Å²) in [5.74, 6) is 0. The van der Waals surface area contributed by atoms with Gasteiger partial charge in [-0.1, -0.05) is 68.2 Å². The molecule has 0 aliphatic carbocycles. The summed E-state index contributed by atoms with van der Waals surface area (Å²) < 4.78 is 0. The Bertz CT molecular complexity index is 166. The van der Waals surface area contributed by atoms with Crippen molar-refractivity contribution in [1.82, 2.24) is 0 Å². The molecule has 0 saturated heterocycles. The lowest BCUT2D eigenvalue weighted by Crippen LogP contribution is -1.72. The van der Waals surface area contributed by atoms with Crippen LogP contribution in [0.15, 0.2) is 35.9 Å². The fraction of sp³-hybridized carbons (Fsp3) is 0.500. The largest absolute Gasteiger partial charge is 0.0930 e. The highest BCUT2D eigenvalue weighted by atomic mass is 35.5. The van der Waals surface area contributed by atoms with Crippen molar-refractivity contribution in [2.24, 2.45) is 0 Å². The Morgan fingerprint density at radius 2 is 1.69 bits per heavy atom. The van der Waals surface area contributed by atoms with Crippen LogP contribution in [0.25, 0.3) is 0 Å². The van der Waals surface area contributed by atoms with Gasteiger partial charge in [0.25, 0.3) is 0 Å². The van der Waals surface area contributed by atoms with Gasteiger partial charge in [-0.3, -0.25) is 0 Å². The van der Waals surface area contributed by atoms with Crippen LogP contribution in [-0.2, 0) is 0 Å². The molecule has 0 aromatic heterocycles.